The van der Waals surface area contributed by atoms with Crippen LogP contribution in [-0.2, 0) is 0 Å². The Morgan fingerprint density at radius 2 is 2.26 bits per heavy atom. The average molecular weight is 328 g/mol. The first-order chi connectivity index (χ1) is 9.11. The van der Waals surface area contributed by atoms with Gasteiger partial charge in [-0.2, -0.15) is 4.98 Å². The van der Waals surface area contributed by atoms with Crippen molar-refractivity contribution in [1.29, 1.82) is 0 Å². The lowest BCUT2D eigenvalue weighted by Crippen LogP contribution is -2.19. The number of nitrogens with one attached hydrogen (secondary N) is 1. The standard InChI is InChI=1S/C13H15BrFN3O/c1-3-6-16-8(2)13-17-12(18-19-13)10-5-4-9(15)7-11(10)14/h4-5,7-8,16H,3,6H2,1-2H3. The minimum Gasteiger partial charge on any atom is -0.337 e. The van der Waals surface area contributed by atoms with Gasteiger partial charge in [0.05, 0.1) is 6.04 Å². The van der Waals surface area contributed by atoms with Gasteiger partial charge in [0.1, 0.15) is 5.82 Å². The summed E-state index contributed by atoms with van der Waals surface area (Å²) in [7, 11) is 0. The van der Waals surface area contributed by atoms with Crippen LogP contribution in [0.15, 0.2) is 27.2 Å². The number of nitrogens with zero attached hydrogens (tertiary/aromatic N) is 2. The van der Waals surface area contributed by atoms with E-state index in [2.05, 4.69) is 38.3 Å². The molecule has 6 heteroatoms. The van der Waals surface area contributed by atoms with Crippen molar-refractivity contribution in [2.75, 3.05) is 6.54 Å². The Hall–Kier alpha value is -1.27. The smallest absolute Gasteiger partial charge is 0.243 e. The fourth-order valence-corrected chi connectivity index (χ4v) is 2.17. The lowest BCUT2D eigenvalue weighted by molar-refractivity contribution is 0.340. The first-order valence-electron chi connectivity index (χ1n) is 6.14. The Kier molecular flexibility index (Phi) is 4.66. The summed E-state index contributed by atoms with van der Waals surface area (Å²) in [4.78, 5) is 4.33. The second kappa shape index (κ2) is 6.25. The zero-order valence-corrected chi connectivity index (χ0v) is 12.4. The molecular formula is C13H15BrFN3O. The van der Waals surface area contributed by atoms with Crippen LogP contribution < -0.4 is 5.32 Å². The van der Waals surface area contributed by atoms with Crippen molar-refractivity contribution in [2.45, 2.75) is 26.3 Å². The van der Waals surface area contributed by atoms with E-state index in [1.54, 1.807) is 6.07 Å². The Balaban J connectivity index is 2.20. The number of benzene rings is 1. The number of hydrogen-bond acceptors (Lipinski definition) is 4. The van der Waals surface area contributed by atoms with Crippen LogP contribution in [0.5, 0.6) is 0 Å². The van der Waals surface area contributed by atoms with E-state index < -0.39 is 0 Å². The highest BCUT2D eigenvalue weighted by Gasteiger charge is 2.16. The average Bonchev–Trinajstić information content (AvgIpc) is 2.85. The SMILES string of the molecule is CCCNC(C)c1nc(-c2ccc(F)cc2Br)no1. The molecule has 0 aliphatic carbocycles. The predicted octanol–water partition coefficient (Wildman–Crippen LogP) is 3.70. The summed E-state index contributed by atoms with van der Waals surface area (Å²) in [6, 6.07) is 4.37. The van der Waals surface area contributed by atoms with Crippen LogP contribution in [0.2, 0.25) is 0 Å². The second-order valence-electron chi connectivity index (χ2n) is 4.26. The molecule has 1 atom stereocenters. The first-order valence-corrected chi connectivity index (χ1v) is 6.93. The van der Waals surface area contributed by atoms with Gasteiger partial charge >= 0.3 is 0 Å². The van der Waals surface area contributed by atoms with E-state index in [0.29, 0.717) is 21.8 Å². The molecule has 19 heavy (non-hydrogen) atoms. The fraction of sp³-hybridized carbons (Fsp3) is 0.385. The number of halogens is 2. The molecule has 0 saturated heterocycles. The summed E-state index contributed by atoms with van der Waals surface area (Å²) in [5, 5.41) is 7.20. The van der Waals surface area contributed by atoms with Gasteiger partial charge in [-0.25, -0.2) is 4.39 Å². The Bertz CT molecular complexity index is 559. The van der Waals surface area contributed by atoms with Crippen molar-refractivity contribution in [3.8, 4) is 11.4 Å². The summed E-state index contributed by atoms with van der Waals surface area (Å²) in [6.45, 7) is 4.94. The molecule has 0 fully saturated rings. The Labute approximate surface area is 119 Å². The third-order valence-corrected chi connectivity index (χ3v) is 3.34. The highest BCUT2D eigenvalue weighted by Crippen LogP contribution is 2.27. The van der Waals surface area contributed by atoms with E-state index in [9.17, 15) is 4.39 Å². The van der Waals surface area contributed by atoms with Gasteiger partial charge in [-0.05, 0) is 54.0 Å². The Morgan fingerprint density at radius 1 is 1.47 bits per heavy atom. The van der Waals surface area contributed by atoms with Gasteiger partial charge < -0.3 is 9.84 Å². The lowest BCUT2D eigenvalue weighted by Gasteiger charge is -2.06. The summed E-state index contributed by atoms with van der Waals surface area (Å²) in [5.74, 6) is 0.670. The summed E-state index contributed by atoms with van der Waals surface area (Å²) in [6.07, 6.45) is 1.04. The third kappa shape index (κ3) is 3.39. The van der Waals surface area contributed by atoms with Crippen LogP contribution in [0.4, 0.5) is 4.39 Å². The van der Waals surface area contributed by atoms with Gasteiger partial charge in [0, 0.05) is 10.0 Å². The molecule has 0 spiro atoms. The molecule has 2 aromatic rings. The highest BCUT2D eigenvalue weighted by molar-refractivity contribution is 9.10. The molecule has 102 valence electrons. The van der Waals surface area contributed by atoms with Gasteiger partial charge in [-0.1, -0.05) is 12.1 Å². The van der Waals surface area contributed by atoms with Gasteiger partial charge in [-0.15, -0.1) is 0 Å². The zero-order valence-electron chi connectivity index (χ0n) is 10.8. The van der Waals surface area contributed by atoms with Gasteiger partial charge in [0.15, 0.2) is 0 Å². The molecule has 1 aromatic heterocycles. The van der Waals surface area contributed by atoms with Crippen molar-refractivity contribution in [3.63, 3.8) is 0 Å². The largest absolute Gasteiger partial charge is 0.337 e. The van der Waals surface area contributed by atoms with E-state index in [4.69, 9.17) is 4.52 Å². The molecule has 1 heterocycles. The van der Waals surface area contributed by atoms with Crippen molar-refractivity contribution in [2.24, 2.45) is 0 Å². The van der Waals surface area contributed by atoms with Crippen molar-refractivity contribution < 1.29 is 8.91 Å². The molecule has 0 bridgehead atoms. The van der Waals surface area contributed by atoms with Gasteiger partial charge in [0.25, 0.3) is 0 Å². The molecule has 1 N–H and O–H groups in total. The van der Waals surface area contributed by atoms with Crippen LogP contribution in [-0.4, -0.2) is 16.7 Å². The van der Waals surface area contributed by atoms with E-state index in [1.807, 2.05) is 6.92 Å². The van der Waals surface area contributed by atoms with Crippen LogP contribution in [0, 0.1) is 5.82 Å². The quantitative estimate of drug-likeness (QED) is 0.909. The van der Waals surface area contributed by atoms with E-state index >= 15 is 0 Å². The zero-order chi connectivity index (χ0) is 13.8. The Morgan fingerprint density at radius 3 is 2.95 bits per heavy atom. The number of aromatic nitrogens is 2. The topological polar surface area (TPSA) is 51.0 Å². The fourth-order valence-electron chi connectivity index (χ4n) is 1.64. The van der Waals surface area contributed by atoms with Crippen molar-refractivity contribution in [3.05, 3.63) is 34.4 Å². The van der Waals surface area contributed by atoms with Crippen LogP contribution >= 0.6 is 15.9 Å². The molecule has 1 unspecified atom stereocenters. The normalized spacial score (nSPS) is 12.6. The lowest BCUT2D eigenvalue weighted by atomic mass is 10.2. The molecular weight excluding hydrogens is 313 g/mol. The first kappa shape index (κ1) is 14.1. The van der Waals surface area contributed by atoms with Crippen LogP contribution in [0.25, 0.3) is 11.4 Å². The van der Waals surface area contributed by atoms with E-state index in [1.165, 1.54) is 12.1 Å². The molecule has 1 aromatic carbocycles. The van der Waals surface area contributed by atoms with Gasteiger partial charge in [-0.3, -0.25) is 0 Å². The van der Waals surface area contributed by atoms with E-state index in [-0.39, 0.29) is 11.9 Å². The molecule has 0 saturated carbocycles. The maximum atomic E-state index is 13.0. The minimum absolute atomic E-state index is 0.000392. The summed E-state index contributed by atoms with van der Waals surface area (Å²) >= 11 is 3.29. The van der Waals surface area contributed by atoms with Gasteiger partial charge in [0.2, 0.25) is 11.7 Å². The van der Waals surface area contributed by atoms with Crippen LogP contribution in [0.1, 0.15) is 32.2 Å². The summed E-state index contributed by atoms with van der Waals surface area (Å²) in [5.41, 5.74) is 0.707. The highest BCUT2D eigenvalue weighted by atomic mass is 79.9. The minimum atomic E-state index is -0.308. The predicted molar refractivity (Wildman–Crippen MR) is 74.1 cm³/mol. The van der Waals surface area contributed by atoms with Crippen molar-refractivity contribution in [1.82, 2.24) is 15.5 Å². The maximum Gasteiger partial charge on any atom is 0.243 e. The molecule has 0 radical (unpaired) electrons. The maximum absolute atomic E-state index is 13.0. The molecule has 0 aliphatic heterocycles. The van der Waals surface area contributed by atoms with Crippen LogP contribution in [0.3, 0.4) is 0 Å². The number of hydrogen-bond donors (Lipinski definition) is 1. The van der Waals surface area contributed by atoms with Crippen molar-refractivity contribution >= 4 is 15.9 Å². The monoisotopic (exact) mass is 327 g/mol. The molecule has 0 amide bonds. The molecule has 0 aliphatic rings. The second-order valence-corrected chi connectivity index (χ2v) is 5.11. The number of rotatable bonds is 5. The molecule has 2 rings (SSSR count). The summed E-state index contributed by atoms with van der Waals surface area (Å²) < 4.78 is 18.9. The van der Waals surface area contributed by atoms with E-state index in [0.717, 1.165) is 13.0 Å². The molecule has 4 nitrogen and oxygen atoms in total. The third-order valence-electron chi connectivity index (χ3n) is 2.68.